The molecule has 0 aliphatic carbocycles. The van der Waals surface area contributed by atoms with E-state index in [1.54, 1.807) is 6.20 Å². The maximum atomic E-state index is 12.3. The molecule has 1 aromatic carbocycles. The number of pyridine rings is 1. The van der Waals surface area contributed by atoms with Crippen molar-refractivity contribution in [2.45, 2.75) is 13.3 Å². The van der Waals surface area contributed by atoms with Crippen LogP contribution in [0.25, 0.3) is 0 Å². The average molecular weight is 310 g/mol. The Kier molecular flexibility index (Phi) is 4.76. The molecule has 5 heteroatoms. The minimum absolute atomic E-state index is 0.0325. The van der Waals surface area contributed by atoms with Gasteiger partial charge in [-0.1, -0.05) is 25.1 Å². The lowest BCUT2D eigenvalue weighted by molar-refractivity contribution is 0.208. The second-order valence-electron chi connectivity index (χ2n) is 5.64. The molecule has 0 radical (unpaired) electrons. The number of aryl methyl sites for hydroxylation is 1. The summed E-state index contributed by atoms with van der Waals surface area (Å²) in [5, 5.41) is 2.97. The number of anilines is 2. The molecule has 0 spiro atoms. The van der Waals surface area contributed by atoms with Crippen molar-refractivity contribution in [3.63, 3.8) is 0 Å². The highest BCUT2D eigenvalue weighted by atomic mass is 16.2. The van der Waals surface area contributed by atoms with Gasteiger partial charge in [-0.15, -0.1) is 0 Å². The van der Waals surface area contributed by atoms with Crippen LogP contribution in [-0.4, -0.2) is 42.1 Å². The summed E-state index contributed by atoms with van der Waals surface area (Å²) in [4.78, 5) is 20.8. The molecule has 5 nitrogen and oxygen atoms in total. The molecule has 23 heavy (non-hydrogen) atoms. The van der Waals surface area contributed by atoms with Crippen LogP contribution in [0.5, 0.6) is 0 Å². The van der Waals surface area contributed by atoms with Crippen LogP contribution >= 0.6 is 0 Å². The van der Waals surface area contributed by atoms with Crippen molar-refractivity contribution >= 4 is 17.5 Å². The molecule has 1 aliphatic heterocycles. The zero-order valence-electron chi connectivity index (χ0n) is 13.4. The van der Waals surface area contributed by atoms with Gasteiger partial charge in [-0.3, -0.25) is 0 Å². The van der Waals surface area contributed by atoms with Crippen LogP contribution in [-0.2, 0) is 6.42 Å². The molecule has 2 aromatic rings. The van der Waals surface area contributed by atoms with Gasteiger partial charge in [0.25, 0.3) is 0 Å². The minimum Gasteiger partial charge on any atom is -0.353 e. The lowest BCUT2D eigenvalue weighted by Crippen LogP contribution is -2.50. The Balaban J connectivity index is 1.53. The molecule has 1 N–H and O–H groups in total. The van der Waals surface area contributed by atoms with Crippen molar-refractivity contribution in [1.29, 1.82) is 0 Å². The summed E-state index contributed by atoms with van der Waals surface area (Å²) in [6, 6.07) is 13.9. The number of aromatic nitrogens is 1. The SMILES string of the molecule is CCc1ccc(NC(=O)N2CCN(c3ccccn3)CC2)cc1. The van der Waals surface area contributed by atoms with E-state index in [0.717, 1.165) is 31.0 Å². The topological polar surface area (TPSA) is 48.5 Å². The number of amides is 2. The van der Waals surface area contributed by atoms with Crippen molar-refractivity contribution in [3.05, 3.63) is 54.2 Å². The quantitative estimate of drug-likeness (QED) is 0.948. The molecule has 1 fully saturated rings. The number of nitrogens with one attached hydrogen (secondary N) is 1. The smallest absolute Gasteiger partial charge is 0.321 e. The van der Waals surface area contributed by atoms with Crippen LogP contribution in [0.1, 0.15) is 12.5 Å². The zero-order chi connectivity index (χ0) is 16.1. The standard InChI is InChI=1S/C18H22N4O/c1-2-15-6-8-16(9-7-15)20-18(23)22-13-11-21(12-14-22)17-5-3-4-10-19-17/h3-10H,2,11-14H2,1H3,(H,20,23). The first-order valence-electron chi connectivity index (χ1n) is 8.07. The van der Waals surface area contributed by atoms with Crippen LogP contribution < -0.4 is 10.2 Å². The van der Waals surface area contributed by atoms with Gasteiger partial charge in [-0.05, 0) is 36.2 Å². The zero-order valence-corrected chi connectivity index (χ0v) is 13.4. The van der Waals surface area contributed by atoms with E-state index < -0.39 is 0 Å². The Morgan fingerprint density at radius 1 is 1.09 bits per heavy atom. The first-order valence-corrected chi connectivity index (χ1v) is 8.07. The summed E-state index contributed by atoms with van der Waals surface area (Å²) in [5.74, 6) is 0.975. The Bertz CT molecular complexity index is 634. The summed E-state index contributed by atoms with van der Waals surface area (Å²) in [7, 11) is 0. The normalized spacial score (nSPS) is 14.7. The molecule has 1 saturated heterocycles. The third-order valence-corrected chi connectivity index (χ3v) is 4.15. The van der Waals surface area contributed by atoms with Crippen LogP contribution in [0.15, 0.2) is 48.7 Å². The number of hydrogen-bond donors (Lipinski definition) is 1. The van der Waals surface area contributed by atoms with E-state index in [4.69, 9.17) is 0 Å². The number of piperazine rings is 1. The van der Waals surface area contributed by atoms with Gasteiger partial charge in [0.1, 0.15) is 5.82 Å². The second kappa shape index (κ2) is 7.13. The van der Waals surface area contributed by atoms with Gasteiger partial charge in [-0.2, -0.15) is 0 Å². The molecule has 120 valence electrons. The highest BCUT2D eigenvalue weighted by Crippen LogP contribution is 2.14. The lowest BCUT2D eigenvalue weighted by Gasteiger charge is -2.35. The number of benzene rings is 1. The first kappa shape index (κ1) is 15.3. The molecule has 1 aliphatic rings. The van der Waals surface area contributed by atoms with Crippen LogP contribution in [0.3, 0.4) is 0 Å². The van der Waals surface area contributed by atoms with Gasteiger partial charge >= 0.3 is 6.03 Å². The molecule has 2 heterocycles. The molecule has 0 bridgehead atoms. The molecule has 2 amide bonds. The summed E-state index contributed by atoms with van der Waals surface area (Å²) in [6.45, 7) is 5.14. The highest BCUT2D eigenvalue weighted by Gasteiger charge is 2.21. The molecular formula is C18H22N4O. The minimum atomic E-state index is -0.0325. The maximum absolute atomic E-state index is 12.3. The molecule has 0 saturated carbocycles. The lowest BCUT2D eigenvalue weighted by atomic mass is 10.1. The van der Waals surface area contributed by atoms with Crippen molar-refractivity contribution in [2.75, 3.05) is 36.4 Å². The average Bonchev–Trinajstić information content (AvgIpc) is 2.63. The molecular weight excluding hydrogens is 288 g/mol. The Hall–Kier alpha value is -2.56. The van der Waals surface area contributed by atoms with E-state index in [2.05, 4.69) is 34.3 Å². The van der Waals surface area contributed by atoms with Crippen LogP contribution in [0.4, 0.5) is 16.3 Å². The number of nitrogens with zero attached hydrogens (tertiary/aromatic N) is 3. The number of carbonyl (C=O) groups is 1. The van der Waals surface area contributed by atoms with E-state index in [0.29, 0.717) is 13.1 Å². The number of rotatable bonds is 3. The summed E-state index contributed by atoms with van der Waals surface area (Å²) in [6.07, 6.45) is 2.80. The molecule has 1 aromatic heterocycles. The van der Waals surface area contributed by atoms with Gasteiger partial charge in [-0.25, -0.2) is 9.78 Å². The van der Waals surface area contributed by atoms with Gasteiger partial charge in [0.2, 0.25) is 0 Å². The number of urea groups is 1. The van der Waals surface area contributed by atoms with Gasteiger partial charge in [0.05, 0.1) is 0 Å². The predicted octanol–water partition coefficient (Wildman–Crippen LogP) is 3.00. The van der Waals surface area contributed by atoms with E-state index in [1.807, 2.05) is 35.2 Å². The second-order valence-corrected chi connectivity index (χ2v) is 5.64. The third kappa shape index (κ3) is 3.80. The van der Waals surface area contributed by atoms with Gasteiger partial charge in [0, 0.05) is 38.1 Å². The monoisotopic (exact) mass is 310 g/mol. The van der Waals surface area contributed by atoms with E-state index >= 15 is 0 Å². The van der Waals surface area contributed by atoms with E-state index in [-0.39, 0.29) is 6.03 Å². The van der Waals surface area contributed by atoms with Crippen LogP contribution in [0.2, 0.25) is 0 Å². The Morgan fingerprint density at radius 3 is 2.43 bits per heavy atom. The fourth-order valence-electron chi connectivity index (χ4n) is 2.71. The molecule has 0 atom stereocenters. The summed E-state index contributed by atoms with van der Waals surface area (Å²) >= 11 is 0. The summed E-state index contributed by atoms with van der Waals surface area (Å²) in [5.41, 5.74) is 2.12. The fraction of sp³-hybridized carbons (Fsp3) is 0.333. The molecule has 3 rings (SSSR count). The molecule has 0 unspecified atom stereocenters. The van der Waals surface area contributed by atoms with Gasteiger partial charge in [0.15, 0.2) is 0 Å². The first-order chi connectivity index (χ1) is 11.3. The van der Waals surface area contributed by atoms with Crippen molar-refractivity contribution in [1.82, 2.24) is 9.88 Å². The van der Waals surface area contributed by atoms with Crippen LogP contribution in [0, 0.1) is 0 Å². The van der Waals surface area contributed by atoms with Gasteiger partial charge < -0.3 is 15.1 Å². The third-order valence-electron chi connectivity index (χ3n) is 4.15. The number of carbonyl (C=O) groups excluding carboxylic acids is 1. The Labute approximate surface area is 136 Å². The summed E-state index contributed by atoms with van der Waals surface area (Å²) < 4.78 is 0. The van der Waals surface area contributed by atoms with E-state index in [1.165, 1.54) is 5.56 Å². The predicted molar refractivity (Wildman–Crippen MR) is 92.9 cm³/mol. The largest absolute Gasteiger partial charge is 0.353 e. The number of hydrogen-bond acceptors (Lipinski definition) is 3. The Morgan fingerprint density at radius 2 is 1.83 bits per heavy atom. The van der Waals surface area contributed by atoms with Crippen molar-refractivity contribution in [3.8, 4) is 0 Å². The van der Waals surface area contributed by atoms with E-state index in [9.17, 15) is 4.79 Å². The fourth-order valence-corrected chi connectivity index (χ4v) is 2.71. The highest BCUT2D eigenvalue weighted by molar-refractivity contribution is 5.89. The maximum Gasteiger partial charge on any atom is 0.321 e. The van der Waals surface area contributed by atoms with Crippen molar-refractivity contribution < 1.29 is 4.79 Å². The van der Waals surface area contributed by atoms with Crippen molar-refractivity contribution in [2.24, 2.45) is 0 Å².